The maximum absolute atomic E-state index is 12.8. The minimum absolute atomic E-state index is 0.161. The standard InChI is InChI=1S/C21H19F3N6O2/c1-2-8-30-19(31)16-18(29-20(30)32)28-17(27-16)13-6-7-15(26-11-13)25-10-12-4-3-5-14(9-12)21(22,23)24/h3-7,9,11H,2,8,10H2,1H3,(H,25,26)(H,27,28)(H,29,32). The Morgan fingerprint density at radius 3 is 2.62 bits per heavy atom. The van der Waals surface area contributed by atoms with Gasteiger partial charge in [0, 0.05) is 24.8 Å². The second-order valence-corrected chi connectivity index (χ2v) is 7.18. The summed E-state index contributed by atoms with van der Waals surface area (Å²) in [4.78, 5) is 38.6. The molecule has 0 amide bonds. The second kappa shape index (κ2) is 8.33. The highest BCUT2D eigenvalue weighted by atomic mass is 19.4. The van der Waals surface area contributed by atoms with E-state index in [2.05, 4.69) is 25.3 Å². The van der Waals surface area contributed by atoms with E-state index in [1.165, 1.54) is 12.3 Å². The first-order valence-corrected chi connectivity index (χ1v) is 9.85. The van der Waals surface area contributed by atoms with Gasteiger partial charge in [-0.05, 0) is 36.2 Å². The zero-order valence-electron chi connectivity index (χ0n) is 17.0. The number of nitrogens with zero attached hydrogens (tertiary/aromatic N) is 3. The lowest BCUT2D eigenvalue weighted by Crippen LogP contribution is -2.34. The molecule has 3 aromatic heterocycles. The smallest absolute Gasteiger partial charge is 0.366 e. The van der Waals surface area contributed by atoms with Gasteiger partial charge in [-0.1, -0.05) is 19.1 Å². The Kier molecular flexibility index (Phi) is 5.56. The number of pyridine rings is 1. The maximum Gasteiger partial charge on any atom is 0.416 e. The van der Waals surface area contributed by atoms with Crippen LogP contribution in [0, 0.1) is 0 Å². The van der Waals surface area contributed by atoms with Crippen LogP contribution in [0.15, 0.2) is 52.2 Å². The van der Waals surface area contributed by atoms with Gasteiger partial charge in [-0.25, -0.2) is 14.8 Å². The van der Waals surface area contributed by atoms with Crippen LogP contribution in [-0.4, -0.2) is 24.5 Å². The number of hydrogen-bond donors (Lipinski definition) is 3. The van der Waals surface area contributed by atoms with Gasteiger partial charge in [-0.2, -0.15) is 13.2 Å². The molecule has 32 heavy (non-hydrogen) atoms. The van der Waals surface area contributed by atoms with Crippen LogP contribution in [0.4, 0.5) is 19.0 Å². The van der Waals surface area contributed by atoms with Crippen molar-refractivity contribution in [1.82, 2.24) is 24.5 Å². The summed E-state index contributed by atoms with van der Waals surface area (Å²) in [6.07, 6.45) is -2.25. The fourth-order valence-electron chi connectivity index (χ4n) is 3.27. The van der Waals surface area contributed by atoms with E-state index in [9.17, 15) is 22.8 Å². The maximum atomic E-state index is 12.8. The molecular weight excluding hydrogens is 425 g/mol. The van der Waals surface area contributed by atoms with E-state index in [1.807, 2.05) is 6.92 Å². The molecule has 0 aliphatic rings. The van der Waals surface area contributed by atoms with E-state index < -0.39 is 23.0 Å². The molecule has 8 nitrogen and oxygen atoms in total. The van der Waals surface area contributed by atoms with E-state index in [0.717, 1.165) is 16.7 Å². The highest BCUT2D eigenvalue weighted by Gasteiger charge is 2.30. The summed E-state index contributed by atoms with van der Waals surface area (Å²) in [5, 5.41) is 2.97. The van der Waals surface area contributed by atoms with Crippen molar-refractivity contribution in [2.45, 2.75) is 32.6 Å². The highest BCUT2D eigenvalue weighted by Crippen LogP contribution is 2.29. The predicted molar refractivity (Wildman–Crippen MR) is 113 cm³/mol. The van der Waals surface area contributed by atoms with Gasteiger partial charge in [0.15, 0.2) is 5.65 Å². The fraction of sp³-hybridized carbons (Fsp3) is 0.238. The van der Waals surface area contributed by atoms with E-state index in [4.69, 9.17) is 0 Å². The molecule has 0 spiro atoms. The topological polar surface area (TPSA) is 108 Å². The SMILES string of the molecule is CCCn1c(=O)[nH]c2nc(-c3ccc(NCc4cccc(C(F)(F)F)c4)nc3)[nH]c2c1=O. The quantitative estimate of drug-likeness (QED) is 0.422. The largest absolute Gasteiger partial charge is 0.416 e. The summed E-state index contributed by atoms with van der Waals surface area (Å²) >= 11 is 0. The molecule has 1 aromatic carbocycles. The van der Waals surface area contributed by atoms with Crippen LogP contribution in [0.5, 0.6) is 0 Å². The normalized spacial score (nSPS) is 11.8. The molecule has 0 radical (unpaired) electrons. The Balaban J connectivity index is 1.53. The predicted octanol–water partition coefficient (Wildman–Crippen LogP) is 3.52. The van der Waals surface area contributed by atoms with Crippen molar-refractivity contribution in [1.29, 1.82) is 0 Å². The van der Waals surface area contributed by atoms with Crippen molar-refractivity contribution in [2.75, 3.05) is 5.32 Å². The van der Waals surface area contributed by atoms with Gasteiger partial charge in [0.05, 0.1) is 5.56 Å². The number of alkyl halides is 3. The lowest BCUT2D eigenvalue weighted by molar-refractivity contribution is -0.137. The Morgan fingerprint density at radius 2 is 1.94 bits per heavy atom. The molecule has 4 aromatic rings. The van der Waals surface area contributed by atoms with Crippen molar-refractivity contribution in [3.63, 3.8) is 0 Å². The Morgan fingerprint density at radius 1 is 1.12 bits per heavy atom. The van der Waals surface area contributed by atoms with Crippen LogP contribution >= 0.6 is 0 Å². The molecule has 3 heterocycles. The molecule has 0 atom stereocenters. The number of H-pyrrole nitrogens is 2. The molecule has 3 N–H and O–H groups in total. The summed E-state index contributed by atoms with van der Waals surface area (Å²) < 4.78 is 39.6. The molecule has 0 saturated heterocycles. The average molecular weight is 444 g/mol. The number of hydrogen-bond acceptors (Lipinski definition) is 5. The van der Waals surface area contributed by atoms with E-state index in [1.54, 1.807) is 18.2 Å². The third-order valence-corrected chi connectivity index (χ3v) is 4.85. The molecule has 0 bridgehead atoms. The Hall–Kier alpha value is -3.89. The van der Waals surface area contributed by atoms with Gasteiger partial charge in [-0.3, -0.25) is 14.3 Å². The number of rotatable bonds is 6. The first-order valence-electron chi connectivity index (χ1n) is 9.85. The lowest BCUT2D eigenvalue weighted by Gasteiger charge is -2.10. The summed E-state index contributed by atoms with van der Waals surface area (Å²) in [6, 6.07) is 8.40. The van der Waals surface area contributed by atoms with Crippen molar-refractivity contribution in [2.24, 2.45) is 0 Å². The molecule has 11 heteroatoms. The summed E-state index contributed by atoms with van der Waals surface area (Å²) in [5.74, 6) is 0.819. The molecule has 0 unspecified atom stereocenters. The van der Waals surface area contributed by atoms with Crippen molar-refractivity contribution in [3.05, 3.63) is 74.6 Å². The van der Waals surface area contributed by atoms with Crippen LogP contribution in [-0.2, 0) is 19.3 Å². The number of imidazole rings is 1. The van der Waals surface area contributed by atoms with Crippen LogP contribution < -0.4 is 16.6 Å². The van der Waals surface area contributed by atoms with Gasteiger partial charge in [-0.15, -0.1) is 0 Å². The van der Waals surface area contributed by atoms with Crippen LogP contribution in [0.25, 0.3) is 22.6 Å². The Bertz CT molecular complexity index is 1370. The van der Waals surface area contributed by atoms with Crippen molar-refractivity contribution < 1.29 is 13.2 Å². The van der Waals surface area contributed by atoms with Crippen LogP contribution in [0.1, 0.15) is 24.5 Å². The zero-order chi connectivity index (χ0) is 22.9. The number of anilines is 1. The third-order valence-electron chi connectivity index (χ3n) is 4.85. The number of benzene rings is 1. The Labute approximate surface area is 179 Å². The minimum Gasteiger partial charge on any atom is -0.366 e. The first-order chi connectivity index (χ1) is 15.3. The number of aromatic amines is 2. The lowest BCUT2D eigenvalue weighted by atomic mass is 10.1. The average Bonchev–Trinajstić information content (AvgIpc) is 3.19. The zero-order valence-corrected chi connectivity index (χ0v) is 17.0. The molecular formula is C21H19F3N6O2. The highest BCUT2D eigenvalue weighted by molar-refractivity contribution is 5.74. The fourth-order valence-corrected chi connectivity index (χ4v) is 3.27. The van der Waals surface area contributed by atoms with Crippen molar-refractivity contribution in [3.8, 4) is 11.4 Å². The molecule has 0 saturated carbocycles. The van der Waals surface area contributed by atoms with Gasteiger partial charge in [0.2, 0.25) is 0 Å². The minimum atomic E-state index is -4.40. The molecule has 0 aliphatic heterocycles. The summed E-state index contributed by atoms with van der Waals surface area (Å²) in [6.45, 7) is 2.33. The van der Waals surface area contributed by atoms with Gasteiger partial charge in [0.1, 0.15) is 17.2 Å². The van der Waals surface area contributed by atoms with Gasteiger partial charge < -0.3 is 10.3 Å². The van der Waals surface area contributed by atoms with Crippen LogP contribution in [0.3, 0.4) is 0 Å². The number of fused-ring (bicyclic) bond motifs is 1. The van der Waals surface area contributed by atoms with Crippen LogP contribution in [0.2, 0.25) is 0 Å². The number of nitrogens with one attached hydrogen (secondary N) is 3. The molecule has 0 aliphatic carbocycles. The molecule has 166 valence electrons. The number of aromatic nitrogens is 5. The van der Waals surface area contributed by atoms with Crippen molar-refractivity contribution >= 4 is 17.0 Å². The molecule has 4 rings (SSSR count). The second-order valence-electron chi connectivity index (χ2n) is 7.18. The third kappa shape index (κ3) is 4.27. The summed E-state index contributed by atoms with van der Waals surface area (Å²) in [7, 11) is 0. The number of halogens is 3. The monoisotopic (exact) mass is 444 g/mol. The van der Waals surface area contributed by atoms with Gasteiger partial charge >= 0.3 is 11.9 Å². The van der Waals surface area contributed by atoms with Gasteiger partial charge in [0.25, 0.3) is 5.56 Å². The van der Waals surface area contributed by atoms with E-state index in [-0.39, 0.29) is 17.7 Å². The molecule has 0 fully saturated rings. The summed E-state index contributed by atoms with van der Waals surface area (Å²) in [5.41, 5.74) is -0.273. The van der Waals surface area contributed by atoms with E-state index >= 15 is 0 Å². The first kappa shape index (κ1) is 21.3. The van der Waals surface area contributed by atoms with E-state index in [0.29, 0.717) is 35.7 Å².